The number of nitrogens with zero attached hydrogens (tertiary/aromatic N) is 3. The molecule has 0 fully saturated rings. The highest BCUT2D eigenvalue weighted by Gasteiger charge is 2.36. The highest BCUT2D eigenvalue weighted by Crippen LogP contribution is 2.40. The minimum absolute atomic E-state index is 0.194. The van der Waals surface area contributed by atoms with Crippen molar-refractivity contribution in [2.75, 3.05) is 20.0 Å². The van der Waals surface area contributed by atoms with Gasteiger partial charge in [-0.25, -0.2) is 5.01 Å². The summed E-state index contributed by atoms with van der Waals surface area (Å²) in [6, 6.07) is 13.2. The molecule has 2 heterocycles. The van der Waals surface area contributed by atoms with Crippen molar-refractivity contribution in [1.29, 1.82) is 0 Å². The molecule has 0 bridgehead atoms. The normalized spacial score (nSPS) is 17.8. The molecule has 2 aromatic carbocycles. The van der Waals surface area contributed by atoms with E-state index in [-0.39, 0.29) is 5.91 Å². The van der Waals surface area contributed by atoms with Crippen LogP contribution in [0.2, 0.25) is 0 Å². The van der Waals surface area contributed by atoms with Gasteiger partial charge in [0.2, 0.25) is 0 Å². The van der Waals surface area contributed by atoms with Gasteiger partial charge in [0.1, 0.15) is 5.70 Å². The quantitative estimate of drug-likeness (QED) is 0.850. The Hall–Kier alpha value is -3.00. The zero-order chi connectivity index (χ0) is 19.7. The predicted octanol–water partition coefficient (Wildman–Crippen LogP) is 1.60. The van der Waals surface area contributed by atoms with Crippen molar-refractivity contribution in [3.05, 3.63) is 58.6 Å². The Morgan fingerprint density at radius 1 is 1.14 bits per heavy atom. The van der Waals surface area contributed by atoms with E-state index in [1.54, 1.807) is 19.2 Å². The molecule has 0 saturated heterocycles. The zero-order valence-electron chi connectivity index (χ0n) is 15.8. The van der Waals surface area contributed by atoms with Gasteiger partial charge < -0.3 is 9.47 Å². The molecule has 2 aromatic rings. The van der Waals surface area contributed by atoms with Crippen LogP contribution in [0.1, 0.15) is 18.7 Å². The van der Waals surface area contributed by atoms with Crippen LogP contribution in [0.3, 0.4) is 0 Å². The molecule has 2 aliphatic heterocycles. The van der Waals surface area contributed by atoms with Crippen molar-refractivity contribution in [1.82, 2.24) is 10.3 Å². The molecular weight excluding hydrogens is 376 g/mol. The highest BCUT2D eigenvalue weighted by molar-refractivity contribution is 8.13. The van der Waals surface area contributed by atoms with Crippen LogP contribution in [0.4, 0.5) is 0 Å². The standard InChI is InChI=1S/C20H20N4O3S/c1-4-28-20-22-19(25)16-12-8-5-6-10-14(12)21-18(24(16)23-20)13-9-7-11-15(26-2)17(13)27-3/h5-11,18H,4H2,1-3H3,(H,22,23,25)/t18-/m0/s1. The molecule has 0 aromatic heterocycles. The number of benzene rings is 2. The number of para-hydroxylation sites is 2. The number of amidine groups is 1. The van der Waals surface area contributed by atoms with Crippen LogP contribution in [-0.2, 0) is 4.79 Å². The van der Waals surface area contributed by atoms with E-state index in [0.29, 0.717) is 22.4 Å². The SMILES string of the molecule is CCSC1=NN2C(=c3ccccc3=N[C@@H]2c2cccc(OC)c2OC)C(=O)N1. The number of methoxy groups -OCH3 is 2. The molecule has 0 spiro atoms. The van der Waals surface area contributed by atoms with Gasteiger partial charge in [-0.05, 0) is 17.9 Å². The monoisotopic (exact) mass is 396 g/mol. The van der Waals surface area contributed by atoms with Gasteiger partial charge in [0.15, 0.2) is 22.8 Å². The number of rotatable bonds is 4. The Morgan fingerprint density at radius 2 is 1.96 bits per heavy atom. The van der Waals surface area contributed by atoms with Crippen molar-refractivity contribution in [3.8, 4) is 11.5 Å². The largest absolute Gasteiger partial charge is 0.493 e. The second-order valence-electron chi connectivity index (χ2n) is 6.09. The van der Waals surface area contributed by atoms with Crippen molar-refractivity contribution < 1.29 is 14.3 Å². The molecule has 144 valence electrons. The van der Waals surface area contributed by atoms with Crippen molar-refractivity contribution >= 4 is 28.5 Å². The number of hydrogen-bond acceptors (Lipinski definition) is 7. The first kappa shape index (κ1) is 18.4. The number of nitrogens with one attached hydrogen (secondary N) is 1. The van der Waals surface area contributed by atoms with E-state index in [4.69, 9.17) is 14.5 Å². The molecule has 8 heteroatoms. The van der Waals surface area contributed by atoms with E-state index in [9.17, 15) is 4.79 Å². The van der Waals surface area contributed by atoms with Gasteiger partial charge in [-0.1, -0.05) is 49.0 Å². The molecule has 0 unspecified atom stereocenters. The van der Waals surface area contributed by atoms with Crippen LogP contribution in [0, 0.1) is 0 Å². The van der Waals surface area contributed by atoms with Gasteiger partial charge in [-0.3, -0.25) is 15.1 Å². The van der Waals surface area contributed by atoms with Gasteiger partial charge in [-0.2, -0.15) is 0 Å². The first-order chi connectivity index (χ1) is 13.7. The number of thioether (sulfide) groups is 1. The zero-order valence-corrected chi connectivity index (χ0v) is 16.6. The summed E-state index contributed by atoms with van der Waals surface area (Å²) in [6.45, 7) is 2.01. The van der Waals surface area contributed by atoms with E-state index >= 15 is 0 Å². The van der Waals surface area contributed by atoms with Crippen molar-refractivity contribution in [2.45, 2.75) is 13.1 Å². The van der Waals surface area contributed by atoms with Gasteiger partial charge in [0.25, 0.3) is 5.91 Å². The number of carbonyl (C=O) groups excluding carboxylic acids is 1. The number of hydrogen-bond donors (Lipinski definition) is 1. The van der Waals surface area contributed by atoms with Crippen LogP contribution in [0.15, 0.2) is 52.6 Å². The number of fused-ring (bicyclic) bond motifs is 2. The van der Waals surface area contributed by atoms with Crippen LogP contribution in [-0.4, -0.2) is 36.1 Å². The van der Waals surface area contributed by atoms with Crippen LogP contribution >= 0.6 is 11.8 Å². The maximum atomic E-state index is 12.9. The molecular formula is C20H20N4O3S. The first-order valence-electron chi connectivity index (χ1n) is 8.88. The molecule has 4 rings (SSSR count). The van der Waals surface area contributed by atoms with E-state index in [1.807, 2.05) is 49.4 Å². The minimum atomic E-state index is -0.548. The number of hydrazone groups is 1. The lowest BCUT2D eigenvalue weighted by Crippen LogP contribution is -2.50. The summed E-state index contributed by atoms with van der Waals surface area (Å²) in [7, 11) is 3.18. The Morgan fingerprint density at radius 3 is 2.71 bits per heavy atom. The van der Waals surface area contributed by atoms with Gasteiger partial charge >= 0.3 is 0 Å². The Bertz CT molecular complexity index is 1080. The van der Waals surface area contributed by atoms with Crippen molar-refractivity contribution in [3.63, 3.8) is 0 Å². The molecule has 1 N–H and O–H groups in total. The van der Waals surface area contributed by atoms with E-state index < -0.39 is 6.17 Å². The van der Waals surface area contributed by atoms with Gasteiger partial charge in [0.05, 0.1) is 19.6 Å². The van der Waals surface area contributed by atoms with Crippen molar-refractivity contribution in [2.24, 2.45) is 10.1 Å². The molecule has 7 nitrogen and oxygen atoms in total. The summed E-state index contributed by atoms with van der Waals surface area (Å²) >= 11 is 1.47. The average molecular weight is 396 g/mol. The lowest BCUT2D eigenvalue weighted by Gasteiger charge is -2.34. The lowest BCUT2D eigenvalue weighted by molar-refractivity contribution is -0.116. The third-order valence-corrected chi connectivity index (χ3v) is 5.25. The Kier molecular flexibility index (Phi) is 4.95. The average Bonchev–Trinajstić information content (AvgIpc) is 2.72. The third-order valence-electron chi connectivity index (χ3n) is 4.51. The van der Waals surface area contributed by atoms with E-state index in [2.05, 4.69) is 10.4 Å². The lowest BCUT2D eigenvalue weighted by atomic mass is 10.1. The molecule has 0 aliphatic carbocycles. The summed E-state index contributed by atoms with van der Waals surface area (Å²) < 4.78 is 11.1. The fourth-order valence-corrected chi connectivity index (χ4v) is 3.93. The van der Waals surface area contributed by atoms with Crippen LogP contribution < -0.4 is 25.4 Å². The Balaban J connectivity index is 1.98. The molecule has 0 saturated carbocycles. The molecule has 1 atom stereocenters. The fourth-order valence-electron chi connectivity index (χ4n) is 3.35. The molecule has 1 amide bonds. The molecule has 28 heavy (non-hydrogen) atoms. The predicted molar refractivity (Wildman–Crippen MR) is 108 cm³/mol. The number of carbonyl (C=O) groups is 1. The number of amides is 1. The summed E-state index contributed by atoms with van der Waals surface area (Å²) in [5, 5.41) is 11.3. The Labute approximate surface area is 166 Å². The third kappa shape index (κ3) is 2.99. The van der Waals surface area contributed by atoms with Gasteiger partial charge in [0, 0.05) is 10.8 Å². The highest BCUT2D eigenvalue weighted by atomic mass is 32.2. The van der Waals surface area contributed by atoms with Gasteiger partial charge in [-0.15, -0.1) is 5.10 Å². The van der Waals surface area contributed by atoms with Crippen LogP contribution in [0.25, 0.3) is 5.70 Å². The maximum absolute atomic E-state index is 12.9. The maximum Gasteiger partial charge on any atom is 0.276 e. The summed E-state index contributed by atoms with van der Waals surface area (Å²) in [6.07, 6.45) is -0.548. The number of ether oxygens (including phenoxy) is 2. The summed E-state index contributed by atoms with van der Waals surface area (Å²) in [4.78, 5) is 17.8. The second-order valence-corrected chi connectivity index (χ2v) is 7.34. The second kappa shape index (κ2) is 7.55. The van der Waals surface area contributed by atoms with Crippen LogP contribution in [0.5, 0.6) is 11.5 Å². The van der Waals surface area contributed by atoms with E-state index in [1.165, 1.54) is 11.8 Å². The molecule has 0 radical (unpaired) electrons. The first-order valence-corrected chi connectivity index (χ1v) is 9.86. The smallest absolute Gasteiger partial charge is 0.276 e. The molecule has 2 aliphatic rings. The fraction of sp³-hybridized carbons (Fsp3) is 0.250. The summed E-state index contributed by atoms with van der Waals surface area (Å²) in [5.74, 6) is 1.77. The van der Waals surface area contributed by atoms with E-state index in [0.717, 1.165) is 21.9 Å². The minimum Gasteiger partial charge on any atom is -0.493 e. The summed E-state index contributed by atoms with van der Waals surface area (Å²) in [5.41, 5.74) is 1.24. The topological polar surface area (TPSA) is 75.5 Å².